The van der Waals surface area contributed by atoms with Crippen molar-refractivity contribution >= 4 is 46.6 Å². The number of aromatic nitrogens is 3. The number of thioether (sulfide) groups is 2. The molecule has 0 saturated carbocycles. The number of rotatable bonds is 7. The number of hydrogen-bond donors (Lipinski definition) is 1. The monoisotopic (exact) mass is 330 g/mol. The molecular weight excluding hydrogens is 316 g/mol. The summed E-state index contributed by atoms with van der Waals surface area (Å²) in [6.07, 6.45) is 1.10. The van der Waals surface area contributed by atoms with Crippen LogP contribution in [0.15, 0.2) is 19.3 Å². The average Bonchev–Trinajstić information content (AvgIpc) is 3.03. The molecule has 0 unspecified atom stereocenters. The predicted octanol–water partition coefficient (Wildman–Crippen LogP) is 3.07. The Morgan fingerprint density at radius 3 is 2.80 bits per heavy atom. The van der Waals surface area contributed by atoms with Gasteiger partial charge in [-0.05, 0) is 13.3 Å². The first-order valence-corrected chi connectivity index (χ1v) is 8.78. The van der Waals surface area contributed by atoms with Crippen LogP contribution in [0.25, 0.3) is 0 Å². The van der Waals surface area contributed by atoms with Crippen LogP contribution in [0, 0.1) is 6.92 Å². The van der Waals surface area contributed by atoms with Crippen LogP contribution >= 0.6 is 34.9 Å². The highest BCUT2D eigenvalue weighted by Gasteiger charge is 2.10. The molecule has 0 fully saturated rings. The highest BCUT2D eigenvalue weighted by Crippen LogP contribution is 2.28. The van der Waals surface area contributed by atoms with Gasteiger partial charge in [-0.3, -0.25) is 4.79 Å². The van der Waals surface area contributed by atoms with Crippen LogP contribution in [0.2, 0.25) is 0 Å². The third-order valence-corrected chi connectivity index (χ3v) is 5.44. The summed E-state index contributed by atoms with van der Waals surface area (Å²) >= 11 is 4.57. The lowest BCUT2D eigenvalue weighted by Crippen LogP contribution is -2.14. The van der Waals surface area contributed by atoms with Crippen LogP contribution < -0.4 is 5.32 Å². The van der Waals surface area contributed by atoms with E-state index in [1.807, 2.05) is 0 Å². The standard InChI is InChI=1S/C11H14N4O2S3/c1-3-4-18-10-13-14-11(20-10)19-6-9(16)12-8-5-7(2)17-15-8/h5H,3-4,6H2,1-2H3,(H,12,15,16). The molecule has 1 amide bonds. The first kappa shape index (κ1) is 15.3. The second-order valence-corrected chi connectivity index (χ2v) is 7.38. The fraction of sp³-hybridized carbons (Fsp3) is 0.455. The van der Waals surface area contributed by atoms with E-state index < -0.39 is 0 Å². The van der Waals surface area contributed by atoms with Gasteiger partial charge in [0.15, 0.2) is 14.5 Å². The number of hydrogen-bond acceptors (Lipinski definition) is 8. The summed E-state index contributed by atoms with van der Waals surface area (Å²) in [5, 5.41) is 14.5. The summed E-state index contributed by atoms with van der Waals surface area (Å²) in [5.41, 5.74) is 0. The van der Waals surface area contributed by atoms with Crippen molar-refractivity contribution in [2.75, 3.05) is 16.8 Å². The minimum Gasteiger partial charge on any atom is -0.360 e. The Morgan fingerprint density at radius 1 is 1.40 bits per heavy atom. The van der Waals surface area contributed by atoms with E-state index in [4.69, 9.17) is 4.52 Å². The zero-order valence-corrected chi connectivity index (χ0v) is 13.5. The topological polar surface area (TPSA) is 80.9 Å². The molecule has 2 aromatic rings. The molecule has 2 heterocycles. The van der Waals surface area contributed by atoms with Crippen LogP contribution in [-0.4, -0.2) is 32.8 Å². The first-order valence-electron chi connectivity index (χ1n) is 5.99. The Bertz CT molecular complexity index is 570. The number of amides is 1. The second kappa shape index (κ2) is 7.65. The van der Waals surface area contributed by atoms with Crippen LogP contribution in [0.5, 0.6) is 0 Å². The molecule has 0 atom stereocenters. The molecule has 0 aromatic carbocycles. The molecule has 1 N–H and O–H groups in total. The largest absolute Gasteiger partial charge is 0.360 e. The van der Waals surface area contributed by atoms with Gasteiger partial charge in [0.05, 0.1) is 5.75 Å². The molecule has 0 aliphatic rings. The lowest BCUT2D eigenvalue weighted by atomic mass is 10.5. The molecule has 0 bridgehead atoms. The van der Waals surface area contributed by atoms with Crippen molar-refractivity contribution in [3.05, 3.63) is 11.8 Å². The van der Waals surface area contributed by atoms with E-state index in [9.17, 15) is 4.79 Å². The Kier molecular flexibility index (Phi) is 5.86. The highest BCUT2D eigenvalue weighted by atomic mass is 32.2. The zero-order chi connectivity index (χ0) is 14.4. The molecule has 9 heteroatoms. The van der Waals surface area contributed by atoms with Crippen molar-refractivity contribution in [2.24, 2.45) is 0 Å². The van der Waals surface area contributed by atoms with E-state index in [0.717, 1.165) is 20.9 Å². The summed E-state index contributed by atoms with van der Waals surface area (Å²) in [5.74, 6) is 2.27. The molecule has 0 aliphatic heterocycles. The van der Waals surface area contributed by atoms with Gasteiger partial charge in [0, 0.05) is 11.8 Å². The van der Waals surface area contributed by atoms with E-state index in [-0.39, 0.29) is 11.7 Å². The quantitative estimate of drug-likeness (QED) is 0.781. The van der Waals surface area contributed by atoms with Gasteiger partial charge >= 0.3 is 0 Å². The number of carbonyl (C=O) groups is 1. The van der Waals surface area contributed by atoms with Gasteiger partial charge in [0.25, 0.3) is 0 Å². The fourth-order valence-electron chi connectivity index (χ4n) is 1.23. The number of nitrogens with zero attached hydrogens (tertiary/aromatic N) is 3. The number of aryl methyl sites for hydroxylation is 1. The molecule has 0 radical (unpaired) electrons. The average molecular weight is 330 g/mol. The van der Waals surface area contributed by atoms with Crippen LogP contribution in [0.3, 0.4) is 0 Å². The van der Waals surface area contributed by atoms with Crippen LogP contribution in [0.1, 0.15) is 19.1 Å². The molecule has 6 nitrogen and oxygen atoms in total. The Morgan fingerprint density at radius 2 is 2.15 bits per heavy atom. The Hall–Kier alpha value is -1.06. The van der Waals surface area contributed by atoms with Crippen molar-refractivity contribution in [3.8, 4) is 0 Å². The number of carbonyl (C=O) groups excluding carboxylic acids is 1. The van der Waals surface area contributed by atoms with Crippen molar-refractivity contribution in [2.45, 2.75) is 28.9 Å². The molecule has 20 heavy (non-hydrogen) atoms. The summed E-state index contributed by atoms with van der Waals surface area (Å²) in [7, 11) is 0. The minimum absolute atomic E-state index is 0.138. The van der Waals surface area contributed by atoms with Crippen molar-refractivity contribution in [1.29, 1.82) is 0 Å². The summed E-state index contributed by atoms with van der Waals surface area (Å²) in [4.78, 5) is 11.7. The maximum absolute atomic E-state index is 11.7. The zero-order valence-electron chi connectivity index (χ0n) is 11.1. The van der Waals surface area contributed by atoms with Gasteiger partial charge in [0.1, 0.15) is 5.76 Å². The molecule has 0 saturated heterocycles. The van der Waals surface area contributed by atoms with Gasteiger partial charge in [-0.1, -0.05) is 46.9 Å². The molecule has 0 aliphatic carbocycles. The van der Waals surface area contributed by atoms with E-state index in [1.165, 1.54) is 23.1 Å². The first-order chi connectivity index (χ1) is 9.67. The maximum Gasteiger partial charge on any atom is 0.236 e. The van der Waals surface area contributed by atoms with Crippen molar-refractivity contribution in [3.63, 3.8) is 0 Å². The van der Waals surface area contributed by atoms with Crippen molar-refractivity contribution < 1.29 is 9.32 Å². The van der Waals surface area contributed by atoms with Crippen molar-refractivity contribution in [1.82, 2.24) is 15.4 Å². The molecule has 2 aromatic heterocycles. The molecule has 108 valence electrons. The molecular formula is C11H14N4O2S3. The third kappa shape index (κ3) is 4.80. The predicted molar refractivity (Wildman–Crippen MR) is 81.5 cm³/mol. The fourth-order valence-corrected chi connectivity index (χ4v) is 3.98. The van der Waals surface area contributed by atoms with E-state index in [0.29, 0.717) is 11.6 Å². The smallest absolute Gasteiger partial charge is 0.236 e. The lowest BCUT2D eigenvalue weighted by Gasteiger charge is -1.98. The molecule has 0 spiro atoms. The summed E-state index contributed by atoms with van der Waals surface area (Å²) in [6, 6.07) is 1.67. The van der Waals surface area contributed by atoms with E-state index in [2.05, 4.69) is 27.6 Å². The maximum atomic E-state index is 11.7. The van der Waals surface area contributed by atoms with E-state index in [1.54, 1.807) is 24.8 Å². The van der Waals surface area contributed by atoms with Crippen LogP contribution in [-0.2, 0) is 4.79 Å². The molecule has 2 rings (SSSR count). The van der Waals surface area contributed by atoms with Gasteiger partial charge in [-0.2, -0.15) is 0 Å². The number of anilines is 1. The van der Waals surface area contributed by atoms with Gasteiger partial charge < -0.3 is 9.84 Å². The summed E-state index contributed by atoms with van der Waals surface area (Å²) in [6.45, 7) is 3.90. The second-order valence-electron chi connectivity index (χ2n) is 3.84. The summed E-state index contributed by atoms with van der Waals surface area (Å²) < 4.78 is 6.62. The normalized spacial score (nSPS) is 10.7. The SMILES string of the molecule is CCCSc1nnc(SCC(=O)Nc2cc(C)on2)s1. The van der Waals surface area contributed by atoms with E-state index >= 15 is 0 Å². The Labute approximate surface area is 129 Å². The number of nitrogens with one attached hydrogen (secondary N) is 1. The van der Waals surface area contributed by atoms with Gasteiger partial charge in [0.2, 0.25) is 5.91 Å². The van der Waals surface area contributed by atoms with Gasteiger partial charge in [-0.25, -0.2) is 0 Å². The van der Waals surface area contributed by atoms with Gasteiger partial charge in [-0.15, -0.1) is 10.2 Å². The minimum atomic E-state index is -0.138. The third-order valence-electron chi connectivity index (χ3n) is 2.04. The van der Waals surface area contributed by atoms with Crippen LogP contribution in [0.4, 0.5) is 5.82 Å². The lowest BCUT2D eigenvalue weighted by molar-refractivity contribution is -0.113. The Balaban J connectivity index is 1.76. The highest BCUT2D eigenvalue weighted by molar-refractivity contribution is 8.03.